The smallest absolute Gasteiger partial charge is 0.305 e. The van der Waals surface area contributed by atoms with Crippen molar-refractivity contribution in [3.05, 3.63) is 24.3 Å². The first-order valence-electron chi connectivity index (χ1n) is 40.1. The highest BCUT2D eigenvalue weighted by atomic mass is 16.5. The van der Waals surface area contributed by atoms with Gasteiger partial charge in [0.25, 0.3) is 0 Å². The van der Waals surface area contributed by atoms with Crippen LogP contribution in [-0.4, -0.2) is 47.4 Å². The summed E-state index contributed by atoms with van der Waals surface area (Å²) in [6.07, 6.45) is 98.4. The van der Waals surface area contributed by atoms with Crippen molar-refractivity contribution in [1.29, 1.82) is 0 Å². The first-order valence-corrected chi connectivity index (χ1v) is 40.1. The van der Waals surface area contributed by atoms with E-state index in [0.717, 1.165) is 44.9 Å². The van der Waals surface area contributed by atoms with Crippen molar-refractivity contribution in [3.8, 4) is 0 Å². The third kappa shape index (κ3) is 73.3. The molecule has 87 heavy (non-hydrogen) atoms. The molecule has 6 heteroatoms. The van der Waals surface area contributed by atoms with Crippen LogP contribution in [0.5, 0.6) is 0 Å². The normalized spacial score (nSPS) is 12.6. The maximum atomic E-state index is 12.6. The van der Waals surface area contributed by atoms with Gasteiger partial charge in [-0.1, -0.05) is 391 Å². The molecule has 516 valence electrons. The first-order chi connectivity index (χ1) is 43.0. The number of hydrogen-bond acceptors (Lipinski definition) is 5. The van der Waals surface area contributed by atoms with E-state index in [1.54, 1.807) is 0 Å². The highest BCUT2D eigenvalue weighted by Gasteiger charge is 2.20. The predicted molar refractivity (Wildman–Crippen MR) is 384 cm³/mol. The van der Waals surface area contributed by atoms with E-state index in [4.69, 9.17) is 4.74 Å². The van der Waals surface area contributed by atoms with Crippen molar-refractivity contribution in [2.75, 3.05) is 13.2 Å². The van der Waals surface area contributed by atoms with E-state index in [1.165, 1.54) is 379 Å². The van der Waals surface area contributed by atoms with Crippen molar-refractivity contribution in [1.82, 2.24) is 5.32 Å². The lowest BCUT2D eigenvalue weighted by molar-refractivity contribution is -0.143. The van der Waals surface area contributed by atoms with Gasteiger partial charge < -0.3 is 20.3 Å². The monoisotopic (exact) mass is 1220 g/mol. The number of unbranched alkanes of at least 4 members (excludes halogenated alkanes) is 61. The van der Waals surface area contributed by atoms with Gasteiger partial charge in [0.15, 0.2) is 0 Å². The van der Waals surface area contributed by atoms with Gasteiger partial charge in [-0.25, -0.2) is 0 Å². The Morgan fingerprint density at radius 3 is 0.816 bits per heavy atom. The summed E-state index contributed by atoms with van der Waals surface area (Å²) in [6, 6.07) is -0.542. The number of allylic oxidation sites excluding steroid dienone is 4. The highest BCUT2D eigenvalue weighted by Crippen LogP contribution is 2.20. The molecule has 0 saturated carbocycles. The third-order valence-electron chi connectivity index (χ3n) is 19.0. The van der Waals surface area contributed by atoms with Crippen LogP contribution in [0, 0.1) is 0 Å². The Balaban J connectivity index is 3.37. The maximum absolute atomic E-state index is 12.6. The van der Waals surface area contributed by atoms with E-state index in [-0.39, 0.29) is 18.5 Å². The van der Waals surface area contributed by atoms with Gasteiger partial charge in [-0.3, -0.25) is 9.59 Å². The maximum Gasteiger partial charge on any atom is 0.305 e. The number of amides is 1. The molecule has 2 atom stereocenters. The lowest BCUT2D eigenvalue weighted by atomic mass is 10.0. The molecular weight excluding hydrogens is 1070 g/mol. The molecule has 0 aromatic rings. The van der Waals surface area contributed by atoms with Gasteiger partial charge in [-0.15, -0.1) is 0 Å². The number of rotatable bonds is 76. The summed E-state index contributed by atoms with van der Waals surface area (Å²) in [5.41, 5.74) is 0. The van der Waals surface area contributed by atoms with Gasteiger partial charge >= 0.3 is 5.97 Å². The van der Waals surface area contributed by atoms with Crippen LogP contribution in [0.3, 0.4) is 0 Å². The van der Waals surface area contributed by atoms with Gasteiger partial charge in [0.1, 0.15) is 0 Å². The zero-order chi connectivity index (χ0) is 62.8. The van der Waals surface area contributed by atoms with Gasteiger partial charge in [0.2, 0.25) is 5.91 Å². The number of carbonyl (C=O) groups excluding carboxylic acids is 2. The number of ether oxygens (including phenoxy) is 1. The second-order valence-electron chi connectivity index (χ2n) is 27.7. The molecular formula is C81H157NO5. The van der Waals surface area contributed by atoms with E-state index in [1.807, 2.05) is 0 Å². The quantitative estimate of drug-likeness (QED) is 0.0320. The van der Waals surface area contributed by atoms with Crippen molar-refractivity contribution in [2.45, 2.75) is 469 Å². The fourth-order valence-corrected chi connectivity index (χ4v) is 12.9. The van der Waals surface area contributed by atoms with Gasteiger partial charge in [-0.2, -0.15) is 0 Å². The molecule has 6 nitrogen and oxygen atoms in total. The molecule has 0 aliphatic carbocycles. The molecule has 1 amide bonds. The van der Waals surface area contributed by atoms with E-state index in [9.17, 15) is 19.8 Å². The molecule has 0 heterocycles. The summed E-state index contributed by atoms with van der Waals surface area (Å²) in [5, 5.41) is 23.5. The summed E-state index contributed by atoms with van der Waals surface area (Å²) >= 11 is 0. The van der Waals surface area contributed by atoms with Crippen molar-refractivity contribution >= 4 is 11.9 Å². The molecule has 0 aromatic carbocycles. The number of nitrogens with one attached hydrogen (secondary N) is 1. The molecule has 0 rings (SSSR count). The van der Waals surface area contributed by atoms with Crippen LogP contribution in [0.2, 0.25) is 0 Å². The lowest BCUT2D eigenvalue weighted by Crippen LogP contribution is -2.45. The van der Waals surface area contributed by atoms with E-state index >= 15 is 0 Å². The highest BCUT2D eigenvalue weighted by molar-refractivity contribution is 5.76. The average molecular weight is 1230 g/mol. The van der Waals surface area contributed by atoms with Gasteiger partial charge in [0.05, 0.1) is 25.4 Å². The Kier molecular flexibility index (Phi) is 75.3. The number of aliphatic hydroxyl groups excluding tert-OH is 2. The number of aliphatic hydroxyl groups is 2. The van der Waals surface area contributed by atoms with Crippen LogP contribution in [0.25, 0.3) is 0 Å². The average Bonchev–Trinajstić information content (AvgIpc) is 3.57. The second kappa shape index (κ2) is 76.8. The molecule has 0 radical (unpaired) electrons. The fourth-order valence-electron chi connectivity index (χ4n) is 12.9. The summed E-state index contributed by atoms with van der Waals surface area (Å²) in [4.78, 5) is 24.7. The third-order valence-corrected chi connectivity index (χ3v) is 19.0. The Morgan fingerprint density at radius 2 is 0.540 bits per heavy atom. The molecule has 0 fully saturated rings. The predicted octanol–water partition coefficient (Wildman–Crippen LogP) is 26.4. The zero-order valence-corrected chi connectivity index (χ0v) is 59.3. The SMILES string of the molecule is CCCCCCCC/C=C\CCCCCCCCCC(=O)OCCCCCCCCCCCCCC/C=C\CCCCCCCCCCCCCCCC(=O)NC(CO)C(O)CCCCCCCCCCCCCCCCCCCCCCCCCC. The molecule has 2 unspecified atom stereocenters. The van der Waals surface area contributed by atoms with E-state index < -0.39 is 12.1 Å². The molecule has 0 aliphatic heterocycles. The molecule has 0 bridgehead atoms. The minimum atomic E-state index is -0.665. The Labute approximate surface area is 545 Å². The van der Waals surface area contributed by atoms with Crippen LogP contribution in [-0.2, 0) is 14.3 Å². The number of hydrogen-bond donors (Lipinski definition) is 3. The van der Waals surface area contributed by atoms with Crippen molar-refractivity contribution in [3.63, 3.8) is 0 Å². The minimum absolute atomic E-state index is 0.0144. The summed E-state index contributed by atoms with van der Waals surface area (Å²) < 4.78 is 5.51. The lowest BCUT2D eigenvalue weighted by Gasteiger charge is -2.22. The van der Waals surface area contributed by atoms with Crippen molar-refractivity contribution < 1.29 is 24.5 Å². The zero-order valence-electron chi connectivity index (χ0n) is 59.3. The van der Waals surface area contributed by atoms with Gasteiger partial charge in [0, 0.05) is 12.8 Å². The molecule has 0 spiro atoms. The molecule has 3 N–H and O–H groups in total. The standard InChI is InChI=1S/C81H157NO5/c1-3-5-7-9-11-13-15-17-19-21-22-23-24-32-35-38-42-45-49-53-57-61-65-69-73-79(84)78(77-83)82-80(85)74-70-66-62-58-54-50-46-43-39-36-33-30-28-26-25-27-29-31-34-37-40-44-48-52-56-60-64-68-72-76-87-81(86)75-71-67-63-59-55-51-47-41-20-18-16-14-12-10-8-6-4-2/h18,20,25,27,78-79,83-84H,3-17,19,21-24,26,28-77H2,1-2H3,(H,82,85)/b20-18-,27-25-. The Bertz CT molecular complexity index is 1360. The largest absolute Gasteiger partial charge is 0.466 e. The number of esters is 1. The van der Waals surface area contributed by atoms with Crippen molar-refractivity contribution in [2.24, 2.45) is 0 Å². The van der Waals surface area contributed by atoms with E-state index in [0.29, 0.717) is 25.9 Å². The van der Waals surface area contributed by atoms with Crippen LogP contribution in [0.4, 0.5) is 0 Å². The minimum Gasteiger partial charge on any atom is -0.466 e. The topological polar surface area (TPSA) is 95.9 Å². The van der Waals surface area contributed by atoms with E-state index in [2.05, 4.69) is 43.5 Å². The summed E-state index contributed by atoms with van der Waals surface area (Å²) in [7, 11) is 0. The number of carbonyl (C=O) groups is 2. The first kappa shape index (κ1) is 85.3. The molecule has 0 saturated heterocycles. The summed E-state index contributed by atoms with van der Waals surface area (Å²) in [5.74, 6) is -0.0141. The van der Waals surface area contributed by atoms with Crippen LogP contribution in [0.15, 0.2) is 24.3 Å². The fraction of sp³-hybridized carbons (Fsp3) is 0.926. The Morgan fingerprint density at radius 1 is 0.310 bits per heavy atom. The molecule has 0 aliphatic rings. The van der Waals surface area contributed by atoms with Gasteiger partial charge in [-0.05, 0) is 77.0 Å². The Hall–Kier alpha value is -1.66. The second-order valence-corrected chi connectivity index (χ2v) is 27.7. The van der Waals surface area contributed by atoms with Crippen LogP contribution in [0.1, 0.15) is 457 Å². The van der Waals surface area contributed by atoms with Crippen LogP contribution < -0.4 is 5.32 Å². The van der Waals surface area contributed by atoms with Crippen LogP contribution >= 0.6 is 0 Å². The summed E-state index contributed by atoms with van der Waals surface area (Å²) in [6.45, 7) is 5.00. The molecule has 0 aromatic heterocycles.